The highest BCUT2D eigenvalue weighted by atomic mass is 35.5. The maximum absolute atomic E-state index is 11.9. The fourth-order valence-corrected chi connectivity index (χ4v) is 2.86. The molecule has 0 saturated heterocycles. The van der Waals surface area contributed by atoms with Gasteiger partial charge in [0.25, 0.3) is 5.91 Å². The Bertz CT molecular complexity index is 835. The molecule has 25 heavy (non-hydrogen) atoms. The first-order valence-corrected chi connectivity index (χ1v) is 8.06. The van der Waals surface area contributed by atoms with Crippen molar-refractivity contribution in [2.75, 3.05) is 19.0 Å². The highest BCUT2D eigenvalue weighted by molar-refractivity contribution is 7.17. The number of esters is 1. The van der Waals surface area contributed by atoms with E-state index >= 15 is 0 Å². The summed E-state index contributed by atoms with van der Waals surface area (Å²) in [4.78, 5) is 34.4. The van der Waals surface area contributed by atoms with Gasteiger partial charge in [-0.2, -0.15) is 0 Å². The van der Waals surface area contributed by atoms with E-state index in [4.69, 9.17) is 21.1 Å². The van der Waals surface area contributed by atoms with Gasteiger partial charge in [0.15, 0.2) is 12.4 Å². The minimum Gasteiger partial charge on any atom is -0.490 e. The van der Waals surface area contributed by atoms with Gasteiger partial charge in [0.2, 0.25) is 0 Å². The van der Waals surface area contributed by atoms with Crippen molar-refractivity contribution >= 4 is 46.2 Å². The molecule has 2 aromatic rings. The van der Waals surface area contributed by atoms with E-state index in [1.54, 1.807) is 13.0 Å². The predicted octanol–water partition coefficient (Wildman–Crippen LogP) is 3.42. The number of ether oxygens (including phenoxy) is 2. The van der Waals surface area contributed by atoms with E-state index in [0.29, 0.717) is 15.6 Å². The molecule has 1 aromatic carbocycles. The molecule has 1 amide bonds. The summed E-state index contributed by atoms with van der Waals surface area (Å²) in [6, 6.07) is 5.67. The molecular formula is C15H13ClN2O6S. The number of nitrogens with zero attached hydrogens (tertiary/aromatic N) is 1. The van der Waals surface area contributed by atoms with Crippen LogP contribution in [0.5, 0.6) is 5.75 Å². The summed E-state index contributed by atoms with van der Waals surface area (Å²) in [6.07, 6.45) is 0. The van der Waals surface area contributed by atoms with Crippen molar-refractivity contribution in [1.29, 1.82) is 0 Å². The molecule has 1 heterocycles. The summed E-state index contributed by atoms with van der Waals surface area (Å²) in [5.41, 5.74) is 0.582. The van der Waals surface area contributed by atoms with Gasteiger partial charge in [-0.05, 0) is 24.6 Å². The van der Waals surface area contributed by atoms with Crippen LogP contribution in [0.15, 0.2) is 24.3 Å². The van der Waals surface area contributed by atoms with Crippen LogP contribution in [0.2, 0.25) is 4.34 Å². The molecule has 10 heteroatoms. The number of methoxy groups -OCH3 is 1. The van der Waals surface area contributed by atoms with Crippen molar-refractivity contribution in [2.45, 2.75) is 6.92 Å². The topological polar surface area (TPSA) is 108 Å². The lowest BCUT2D eigenvalue weighted by atomic mass is 10.1. The van der Waals surface area contributed by atoms with Crippen LogP contribution < -0.4 is 10.1 Å². The summed E-state index contributed by atoms with van der Waals surface area (Å²) < 4.78 is 10.3. The van der Waals surface area contributed by atoms with Crippen LogP contribution in [0.4, 0.5) is 11.4 Å². The molecule has 0 unspecified atom stereocenters. The van der Waals surface area contributed by atoms with E-state index in [1.165, 1.54) is 25.3 Å². The average molecular weight is 385 g/mol. The van der Waals surface area contributed by atoms with Crippen LogP contribution >= 0.6 is 22.9 Å². The standard InChI is InChI=1S/C15H13ClN2O6S/c1-8-5-10(18(21)22)11(23-2)6-9(8)17-14(19)7-24-15(20)12-3-4-13(16)25-12/h3-6H,7H2,1-2H3,(H,17,19). The third-order valence-corrected chi connectivity index (χ3v) is 4.32. The van der Waals surface area contributed by atoms with E-state index in [-0.39, 0.29) is 16.3 Å². The van der Waals surface area contributed by atoms with Gasteiger partial charge in [-0.1, -0.05) is 11.6 Å². The van der Waals surface area contributed by atoms with Gasteiger partial charge >= 0.3 is 11.7 Å². The Balaban J connectivity index is 2.02. The molecule has 0 fully saturated rings. The molecule has 0 aliphatic rings. The van der Waals surface area contributed by atoms with E-state index in [2.05, 4.69) is 5.32 Å². The second-order valence-corrected chi connectivity index (χ2v) is 6.54. The van der Waals surface area contributed by atoms with Crippen LogP contribution in [0.1, 0.15) is 15.2 Å². The number of nitro benzene ring substituents is 1. The molecule has 132 valence electrons. The predicted molar refractivity (Wildman–Crippen MR) is 92.6 cm³/mol. The molecule has 0 atom stereocenters. The Hall–Kier alpha value is -2.65. The summed E-state index contributed by atoms with van der Waals surface area (Å²) >= 11 is 6.77. The summed E-state index contributed by atoms with van der Waals surface area (Å²) in [5, 5.41) is 13.5. The number of nitrogens with one attached hydrogen (secondary N) is 1. The molecule has 8 nitrogen and oxygen atoms in total. The first-order chi connectivity index (χ1) is 11.8. The molecular weight excluding hydrogens is 372 g/mol. The van der Waals surface area contributed by atoms with Gasteiger partial charge in [0.05, 0.1) is 16.4 Å². The first kappa shape index (κ1) is 18.7. The third-order valence-electron chi connectivity index (χ3n) is 3.11. The Morgan fingerprint density at radius 3 is 2.64 bits per heavy atom. The largest absolute Gasteiger partial charge is 0.490 e. The zero-order chi connectivity index (χ0) is 18.6. The molecule has 1 aromatic heterocycles. The summed E-state index contributed by atoms with van der Waals surface area (Å²) in [6.45, 7) is 1.09. The van der Waals surface area contributed by atoms with E-state index in [1.807, 2.05) is 0 Å². The Labute approximate surface area is 151 Å². The summed E-state index contributed by atoms with van der Waals surface area (Å²) in [5.74, 6) is -1.24. The van der Waals surface area contributed by atoms with E-state index in [0.717, 1.165) is 11.3 Å². The highest BCUT2D eigenvalue weighted by Gasteiger charge is 2.19. The van der Waals surface area contributed by atoms with Crippen molar-refractivity contribution in [2.24, 2.45) is 0 Å². The number of hydrogen-bond acceptors (Lipinski definition) is 7. The van der Waals surface area contributed by atoms with Crippen molar-refractivity contribution in [1.82, 2.24) is 0 Å². The van der Waals surface area contributed by atoms with E-state index in [9.17, 15) is 19.7 Å². The number of amides is 1. The van der Waals surface area contributed by atoms with Crippen LogP contribution in [-0.4, -0.2) is 30.5 Å². The number of carbonyl (C=O) groups excluding carboxylic acids is 2. The van der Waals surface area contributed by atoms with Gasteiger partial charge in [-0.25, -0.2) is 4.79 Å². The van der Waals surface area contributed by atoms with Crippen molar-refractivity contribution < 1.29 is 24.0 Å². The summed E-state index contributed by atoms with van der Waals surface area (Å²) in [7, 11) is 1.29. The van der Waals surface area contributed by atoms with Crippen LogP contribution in [0.3, 0.4) is 0 Å². The molecule has 0 spiro atoms. The van der Waals surface area contributed by atoms with Gasteiger partial charge in [0, 0.05) is 17.8 Å². The number of benzene rings is 1. The lowest BCUT2D eigenvalue weighted by Crippen LogP contribution is -2.21. The zero-order valence-electron chi connectivity index (χ0n) is 13.2. The van der Waals surface area contributed by atoms with Crippen molar-refractivity contribution in [3.8, 4) is 5.75 Å². The fourth-order valence-electron chi connectivity index (χ4n) is 1.93. The maximum Gasteiger partial charge on any atom is 0.348 e. The Morgan fingerprint density at radius 2 is 2.08 bits per heavy atom. The SMILES string of the molecule is COc1cc(NC(=O)COC(=O)c2ccc(Cl)s2)c(C)cc1[N+](=O)[O-]. The maximum atomic E-state index is 11.9. The van der Waals surface area contributed by atoms with Crippen molar-refractivity contribution in [3.05, 3.63) is 49.2 Å². The zero-order valence-corrected chi connectivity index (χ0v) is 14.8. The number of carbonyl (C=O) groups is 2. The Kier molecular flexibility index (Phi) is 5.94. The number of halogens is 1. The Morgan fingerprint density at radius 1 is 1.36 bits per heavy atom. The number of anilines is 1. The number of nitro groups is 1. The quantitative estimate of drug-likeness (QED) is 0.464. The average Bonchev–Trinajstić information content (AvgIpc) is 3.00. The minimum absolute atomic E-state index is 0.0103. The van der Waals surface area contributed by atoms with Crippen molar-refractivity contribution in [3.63, 3.8) is 0 Å². The monoisotopic (exact) mass is 384 g/mol. The molecule has 2 rings (SSSR count). The van der Waals surface area contributed by atoms with Gasteiger partial charge < -0.3 is 14.8 Å². The van der Waals surface area contributed by atoms with Crippen LogP contribution in [0.25, 0.3) is 0 Å². The second kappa shape index (κ2) is 7.95. The number of rotatable bonds is 6. The second-order valence-electron chi connectivity index (χ2n) is 4.82. The lowest BCUT2D eigenvalue weighted by Gasteiger charge is -2.11. The number of aryl methyl sites for hydroxylation is 1. The lowest BCUT2D eigenvalue weighted by molar-refractivity contribution is -0.385. The van der Waals surface area contributed by atoms with E-state index < -0.39 is 23.4 Å². The highest BCUT2D eigenvalue weighted by Crippen LogP contribution is 2.32. The fraction of sp³-hybridized carbons (Fsp3) is 0.200. The normalized spacial score (nSPS) is 10.2. The smallest absolute Gasteiger partial charge is 0.348 e. The number of hydrogen-bond donors (Lipinski definition) is 1. The van der Waals surface area contributed by atoms with Gasteiger partial charge in [-0.15, -0.1) is 11.3 Å². The molecule has 0 radical (unpaired) electrons. The third kappa shape index (κ3) is 4.68. The minimum atomic E-state index is -0.662. The molecule has 0 aliphatic heterocycles. The molecule has 1 N–H and O–H groups in total. The van der Waals surface area contributed by atoms with Crippen LogP contribution in [-0.2, 0) is 9.53 Å². The first-order valence-electron chi connectivity index (χ1n) is 6.87. The molecule has 0 saturated carbocycles. The molecule has 0 aliphatic carbocycles. The van der Waals surface area contributed by atoms with Crippen LogP contribution in [0, 0.1) is 17.0 Å². The van der Waals surface area contributed by atoms with Gasteiger partial charge in [-0.3, -0.25) is 14.9 Å². The molecule has 0 bridgehead atoms. The van der Waals surface area contributed by atoms with Gasteiger partial charge in [0.1, 0.15) is 4.88 Å². The number of thiophene rings is 1.